The molecule has 2 rings (SSSR count). The van der Waals surface area contributed by atoms with E-state index in [2.05, 4.69) is 5.32 Å². The molecule has 116 valence electrons. The number of rotatable bonds is 6. The molecule has 0 radical (unpaired) electrons. The molecule has 1 aromatic rings. The zero-order valence-corrected chi connectivity index (χ0v) is 12.9. The normalized spacial score (nSPS) is 20.2. The van der Waals surface area contributed by atoms with Gasteiger partial charge in [-0.1, -0.05) is 30.3 Å². The Kier molecular flexibility index (Phi) is 6.21. The lowest BCUT2D eigenvalue weighted by molar-refractivity contribution is -0.143. The first-order chi connectivity index (χ1) is 10.1. The Balaban J connectivity index is 1.92. The average Bonchev–Trinajstić information content (AvgIpc) is 2.48. The van der Waals surface area contributed by atoms with Crippen LogP contribution in [0.5, 0.6) is 0 Å². The predicted octanol–water partition coefficient (Wildman–Crippen LogP) is 2.67. The number of carbonyl (C=O) groups is 1. The van der Waals surface area contributed by atoms with Crippen LogP contribution in [0.2, 0.25) is 0 Å². The van der Waals surface area contributed by atoms with Gasteiger partial charge in [0.1, 0.15) is 6.10 Å². The van der Waals surface area contributed by atoms with E-state index in [0.29, 0.717) is 6.42 Å². The lowest BCUT2D eigenvalue weighted by Gasteiger charge is -2.32. The maximum Gasteiger partial charge on any atom is 0.226 e. The summed E-state index contributed by atoms with van der Waals surface area (Å²) in [5, 5.41) is 2.98. The topological polar surface area (TPSA) is 47.6 Å². The molecular weight excluding hydrogens is 266 g/mol. The third kappa shape index (κ3) is 5.48. The number of carbonyl (C=O) groups excluding carboxylic acids is 1. The van der Waals surface area contributed by atoms with E-state index in [1.807, 2.05) is 44.2 Å². The lowest BCUT2D eigenvalue weighted by Crippen LogP contribution is -2.49. The van der Waals surface area contributed by atoms with E-state index >= 15 is 0 Å². The summed E-state index contributed by atoms with van der Waals surface area (Å²) in [6.07, 6.45) is 3.16. The van der Waals surface area contributed by atoms with Gasteiger partial charge < -0.3 is 14.8 Å². The van der Waals surface area contributed by atoms with Crippen LogP contribution in [-0.4, -0.2) is 30.9 Å². The van der Waals surface area contributed by atoms with E-state index in [-0.39, 0.29) is 24.3 Å². The van der Waals surface area contributed by atoms with Crippen molar-refractivity contribution in [3.63, 3.8) is 0 Å². The molecule has 0 bridgehead atoms. The molecular formula is C17H25NO3. The van der Waals surface area contributed by atoms with Gasteiger partial charge >= 0.3 is 0 Å². The maximum absolute atomic E-state index is 12.2. The van der Waals surface area contributed by atoms with E-state index in [0.717, 1.165) is 31.4 Å². The Bertz CT molecular complexity index is 427. The average molecular weight is 291 g/mol. The van der Waals surface area contributed by atoms with Crippen molar-refractivity contribution < 1.29 is 14.3 Å². The van der Waals surface area contributed by atoms with E-state index in [1.54, 1.807) is 0 Å². The first-order valence-corrected chi connectivity index (χ1v) is 7.75. The Labute approximate surface area is 126 Å². The first-order valence-electron chi connectivity index (χ1n) is 7.75. The summed E-state index contributed by atoms with van der Waals surface area (Å²) in [4.78, 5) is 12.2. The van der Waals surface area contributed by atoms with Gasteiger partial charge in [-0.3, -0.25) is 4.79 Å². The van der Waals surface area contributed by atoms with Gasteiger partial charge in [0.05, 0.1) is 12.5 Å². The molecule has 1 heterocycles. The summed E-state index contributed by atoms with van der Waals surface area (Å²) >= 11 is 0. The molecule has 4 nitrogen and oxygen atoms in total. The molecule has 1 fully saturated rings. The van der Waals surface area contributed by atoms with Gasteiger partial charge in [-0.05, 0) is 38.7 Å². The van der Waals surface area contributed by atoms with Crippen molar-refractivity contribution in [2.75, 3.05) is 6.61 Å². The van der Waals surface area contributed by atoms with Crippen molar-refractivity contribution >= 4 is 5.91 Å². The summed E-state index contributed by atoms with van der Waals surface area (Å²) < 4.78 is 11.6. The number of ether oxygens (including phenoxy) is 2. The Morgan fingerprint density at radius 1 is 1.33 bits per heavy atom. The van der Waals surface area contributed by atoms with Crippen molar-refractivity contribution in [3.8, 4) is 0 Å². The number of nitrogens with one attached hydrogen (secondary N) is 1. The summed E-state index contributed by atoms with van der Waals surface area (Å²) in [7, 11) is 0. The molecule has 0 saturated carbocycles. The third-order valence-corrected chi connectivity index (χ3v) is 3.48. The highest BCUT2D eigenvalue weighted by Gasteiger charge is 2.27. The minimum Gasteiger partial charge on any atom is -0.374 e. The highest BCUT2D eigenvalue weighted by Crippen LogP contribution is 2.18. The lowest BCUT2D eigenvalue weighted by atomic mass is 10.1. The number of hydrogen-bond acceptors (Lipinski definition) is 3. The SMILES string of the molecule is CC(C)O[C@H](NC(=O)Cc1ccccc1)[C@@H]1CCCCO1. The minimum atomic E-state index is -0.360. The molecule has 1 aromatic carbocycles. The van der Waals surface area contributed by atoms with Gasteiger partial charge in [0.25, 0.3) is 0 Å². The molecule has 4 heteroatoms. The second-order valence-corrected chi connectivity index (χ2v) is 5.74. The number of hydrogen-bond donors (Lipinski definition) is 1. The van der Waals surface area contributed by atoms with Crippen LogP contribution in [0.1, 0.15) is 38.7 Å². The predicted molar refractivity (Wildman–Crippen MR) is 81.9 cm³/mol. The standard InChI is InChI=1S/C17H25NO3/c1-13(2)21-17(15-10-6-7-11-20-15)18-16(19)12-14-8-4-3-5-9-14/h3-5,8-9,13,15,17H,6-7,10-12H2,1-2H3,(H,18,19)/t15-,17-/m0/s1. The van der Waals surface area contributed by atoms with Crippen LogP contribution in [0.25, 0.3) is 0 Å². The fourth-order valence-corrected chi connectivity index (χ4v) is 2.50. The van der Waals surface area contributed by atoms with Crippen LogP contribution in [0.15, 0.2) is 30.3 Å². The molecule has 1 N–H and O–H groups in total. The van der Waals surface area contributed by atoms with Gasteiger partial charge in [-0.2, -0.15) is 0 Å². The second-order valence-electron chi connectivity index (χ2n) is 5.74. The van der Waals surface area contributed by atoms with Crippen molar-refractivity contribution in [1.29, 1.82) is 0 Å². The van der Waals surface area contributed by atoms with Gasteiger partial charge in [0, 0.05) is 6.61 Å². The summed E-state index contributed by atoms with van der Waals surface area (Å²) in [6.45, 7) is 4.69. The van der Waals surface area contributed by atoms with Crippen LogP contribution < -0.4 is 5.32 Å². The Morgan fingerprint density at radius 3 is 2.71 bits per heavy atom. The zero-order chi connectivity index (χ0) is 15.1. The van der Waals surface area contributed by atoms with Gasteiger partial charge in [0.15, 0.2) is 6.23 Å². The molecule has 0 spiro atoms. The third-order valence-electron chi connectivity index (χ3n) is 3.48. The van der Waals surface area contributed by atoms with Gasteiger partial charge in [-0.15, -0.1) is 0 Å². The highest BCUT2D eigenvalue weighted by molar-refractivity contribution is 5.78. The Hall–Kier alpha value is -1.39. The molecule has 0 aromatic heterocycles. The van der Waals surface area contributed by atoms with E-state index in [9.17, 15) is 4.79 Å². The smallest absolute Gasteiger partial charge is 0.226 e. The van der Waals surface area contributed by atoms with Crippen LogP contribution >= 0.6 is 0 Å². The fraction of sp³-hybridized carbons (Fsp3) is 0.588. The molecule has 0 aliphatic carbocycles. The van der Waals surface area contributed by atoms with E-state index < -0.39 is 0 Å². The number of amides is 1. The largest absolute Gasteiger partial charge is 0.374 e. The molecule has 1 aliphatic rings. The molecule has 1 amide bonds. The van der Waals surface area contributed by atoms with Crippen molar-refractivity contribution in [3.05, 3.63) is 35.9 Å². The first kappa shape index (κ1) is 16.0. The molecule has 1 saturated heterocycles. The summed E-state index contributed by atoms with van der Waals surface area (Å²) in [5.41, 5.74) is 1.00. The molecule has 21 heavy (non-hydrogen) atoms. The van der Waals surface area contributed by atoms with Crippen LogP contribution in [0.3, 0.4) is 0 Å². The van der Waals surface area contributed by atoms with Gasteiger partial charge in [-0.25, -0.2) is 0 Å². The quantitative estimate of drug-likeness (QED) is 0.820. The van der Waals surface area contributed by atoms with Crippen LogP contribution in [0.4, 0.5) is 0 Å². The van der Waals surface area contributed by atoms with Crippen molar-refractivity contribution in [2.24, 2.45) is 0 Å². The molecule has 0 unspecified atom stereocenters. The minimum absolute atomic E-state index is 0.0268. The van der Waals surface area contributed by atoms with Gasteiger partial charge in [0.2, 0.25) is 5.91 Å². The number of benzene rings is 1. The fourth-order valence-electron chi connectivity index (χ4n) is 2.50. The zero-order valence-electron chi connectivity index (χ0n) is 12.9. The highest BCUT2D eigenvalue weighted by atomic mass is 16.6. The van der Waals surface area contributed by atoms with E-state index in [1.165, 1.54) is 0 Å². The molecule has 1 aliphatic heterocycles. The molecule has 2 atom stereocenters. The maximum atomic E-state index is 12.2. The van der Waals surface area contributed by atoms with Crippen LogP contribution in [0, 0.1) is 0 Å². The van der Waals surface area contributed by atoms with Crippen molar-refractivity contribution in [2.45, 2.75) is 58.0 Å². The second kappa shape index (κ2) is 8.15. The summed E-state index contributed by atoms with van der Waals surface area (Å²) in [5.74, 6) is -0.0268. The van der Waals surface area contributed by atoms with E-state index in [4.69, 9.17) is 9.47 Å². The monoisotopic (exact) mass is 291 g/mol. The Morgan fingerprint density at radius 2 is 2.10 bits per heavy atom. The van der Waals surface area contributed by atoms with Crippen molar-refractivity contribution in [1.82, 2.24) is 5.32 Å². The van der Waals surface area contributed by atoms with Crippen LogP contribution in [-0.2, 0) is 20.7 Å². The summed E-state index contributed by atoms with van der Waals surface area (Å²) in [6, 6.07) is 9.73.